The standard InChI is InChI=1S/C13H13NO/c15-13-6-5-10(12-7-8-14-12)9-3-1-2-4-11(9)13/h1-6,12,14-15H,7-8H2. The summed E-state index contributed by atoms with van der Waals surface area (Å²) in [6.45, 7) is 1.10. The number of rotatable bonds is 1. The lowest BCUT2D eigenvalue weighted by atomic mass is 9.92. The molecule has 2 aromatic carbocycles. The fourth-order valence-corrected chi connectivity index (χ4v) is 2.16. The summed E-state index contributed by atoms with van der Waals surface area (Å²) in [5.41, 5.74) is 1.30. The Morgan fingerprint density at radius 1 is 1.07 bits per heavy atom. The largest absolute Gasteiger partial charge is 0.507 e. The number of phenols is 1. The zero-order valence-corrected chi connectivity index (χ0v) is 8.40. The molecule has 0 radical (unpaired) electrons. The van der Waals surface area contributed by atoms with Gasteiger partial charge in [-0.1, -0.05) is 30.3 Å². The van der Waals surface area contributed by atoms with Crippen LogP contribution in [0.3, 0.4) is 0 Å². The number of hydrogen-bond donors (Lipinski definition) is 2. The molecular weight excluding hydrogens is 186 g/mol. The third kappa shape index (κ3) is 1.29. The third-order valence-corrected chi connectivity index (χ3v) is 3.13. The minimum Gasteiger partial charge on any atom is -0.507 e. The SMILES string of the molecule is Oc1ccc(C2CCN2)c2ccccc12. The van der Waals surface area contributed by atoms with Gasteiger partial charge in [-0.15, -0.1) is 0 Å². The topological polar surface area (TPSA) is 32.3 Å². The van der Waals surface area contributed by atoms with Crippen molar-refractivity contribution in [2.75, 3.05) is 6.54 Å². The predicted molar refractivity (Wildman–Crippen MR) is 61.0 cm³/mol. The number of aromatic hydroxyl groups is 1. The molecule has 1 aliphatic heterocycles. The van der Waals surface area contributed by atoms with E-state index in [0.717, 1.165) is 17.3 Å². The molecule has 3 rings (SSSR count). The van der Waals surface area contributed by atoms with Crippen LogP contribution in [0.4, 0.5) is 0 Å². The van der Waals surface area contributed by atoms with Crippen LogP contribution >= 0.6 is 0 Å². The van der Waals surface area contributed by atoms with Crippen molar-refractivity contribution in [1.29, 1.82) is 0 Å². The van der Waals surface area contributed by atoms with E-state index in [0.29, 0.717) is 11.8 Å². The highest BCUT2D eigenvalue weighted by molar-refractivity contribution is 5.91. The van der Waals surface area contributed by atoms with Gasteiger partial charge in [-0.2, -0.15) is 0 Å². The molecule has 1 atom stereocenters. The molecule has 2 N–H and O–H groups in total. The fourth-order valence-electron chi connectivity index (χ4n) is 2.16. The predicted octanol–water partition coefficient (Wildman–Crippen LogP) is 2.58. The Bertz CT molecular complexity index is 503. The summed E-state index contributed by atoms with van der Waals surface area (Å²) in [6.07, 6.45) is 1.19. The molecule has 15 heavy (non-hydrogen) atoms. The van der Waals surface area contributed by atoms with Crippen molar-refractivity contribution in [2.45, 2.75) is 12.5 Å². The van der Waals surface area contributed by atoms with Gasteiger partial charge in [0.1, 0.15) is 5.75 Å². The van der Waals surface area contributed by atoms with Crippen molar-refractivity contribution < 1.29 is 5.11 Å². The lowest BCUT2D eigenvalue weighted by Crippen LogP contribution is -2.34. The lowest BCUT2D eigenvalue weighted by Gasteiger charge is -2.29. The summed E-state index contributed by atoms with van der Waals surface area (Å²) in [4.78, 5) is 0. The molecule has 1 unspecified atom stereocenters. The summed E-state index contributed by atoms with van der Waals surface area (Å²) >= 11 is 0. The number of benzene rings is 2. The smallest absolute Gasteiger partial charge is 0.123 e. The van der Waals surface area contributed by atoms with Gasteiger partial charge in [0.05, 0.1) is 0 Å². The van der Waals surface area contributed by atoms with Gasteiger partial charge in [0, 0.05) is 11.4 Å². The van der Waals surface area contributed by atoms with Crippen LogP contribution in [0.1, 0.15) is 18.0 Å². The monoisotopic (exact) mass is 199 g/mol. The molecule has 1 fully saturated rings. The average Bonchev–Trinajstić information content (AvgIpc) is 2.20. The molecule has 76 valence electrons. The molecular formula is C13H13NO. The van der Waals surface area contributed by atoms with Crippen LogP contribution in [0.15, 0.2) is 36.4 Å². The van der Waals surface area contributed by atoms with Crippen molar-refractivity contribution in [3.8, 4) is 5.75 Å². The minimum atomic E-state index is 0.369. The molecule has 2 nitrogen and oxygen atoms in total. The zero-order valence-electron chi connectivity index (χ0n) is 8.40. The summed E-state index contributed by atoms with van der Waals surface area (Å²) in [5, 5.41) is 15.2. The van der Waals surface area contributed by atoms with E-state index >= 15 is 0 Å². The van der Waals surface area contributed by atoms with Crippen molar-refractivity contribution >= 4 is 10.8 Å². The molecule has 2 aromatic rings. The molecule has 0 amide bonds. The molecule has 1 aliphatic rings. The Labute approximate surface area is 88.5 Å². The number of hydrogen-bond acceptors (Lipinski definition) is 2. The molecule has 2 heteroatoms. The first kappa shape index (κ1) is 8.74. The maximum atomic E-state index is 9.75. The van der Waals surface area contributed by atoms with E-state index in [1.54, 1.807) is 6.07 Å². The lowest BCUT2D eigenvalue weighted by molar-refractivity contribution is 0.385. The maximum absolute atomic E-state index is 9.75. The van der Waals surface area contributed by atoms with Gasteiger partial charge in [-0.05, 0) is 30.0 Å². The first-order chi connectivity index (χ1) is 7.36. The zero-order chi connectivity index (χ0) is 10.3. The van der Waals surface area contributed by atoms with E-state index in [-0.39, 0.29) is 0 Å². The van der Waals surface area contributed by atoms with Crippen LogP contribution in [0.25, 0.3) is 10.8 Å². The van der Waals surface area contributed by atoms with Gasteiger partial charge >= 0.3 is 0 Å². The quantitative estimate of drug-likeness (QED) is 0.739. The summed E-state index contributed by atoms with van der Waals surface area (Å²) in [5.74, 6) is 0.369. The van der Waals surface area contributed by atoms with Gasteiger partial charge in [0.2, 0.25) is 0 Å². The molecule has 0 spiro atoms. The van der Waals surface area contributed by atoms with Crippen LogP contribution in [0.5, 0.6) is 5.75 Å². The van der Waals surface area contributed by atoms with E-state index in [2.05, 4.69) is 11.4 Å². The first-order valence-electron chi connectivity index (χ1n) is 5.30. The van der Waals surface area contributed by atoms with E-state index < -0.39 is 0 Å². The minimum absolute atomic E-state index is 0.369. The molecule has 0 aliphatic carbocycles. The number of nitrogens with one attached hydrogen (secondary N) is 1. The molecule has 0 bridgehead atoms. The summed E-state index contributed by atoms with van der Waals surface area (Å²) in [7, 11) is 0. The Hall–Kier alpha value is -1.54. The van der Waals surface area contributed by atoms with Gasteiger partial charge in [0.15, 0.2) is 0 Å². The average molecular weight is 199 g/mol. The highest BCUT2D eigenvalue weighted by Gasteiger charge is 2.20. The van der Waals surface area contributed by atoms with Crippen molar-refractivity contribution in [3.63, 3.8) is 0 Å². The molecule has 0 saturated carbocycles. The van der Waals surface area contributed by atoms with Crippen molar-refractivity contribution in [2.24, 2.45) is 0 Å². The third-order valence-electron chi connectivity index (χ3n) is 3.13. The number of phenolic OH excluding ortho intramolecular Hbond substituents is 1. The van der Waals surface area contributed by atoms with Gasteiger partial charge in [-0.25, -0.2) is 0 Å². The van der Waals surface area contributed by atoms with Gasteiger partial charge in [0.25, 0.3) is 0 Å². The van der Waals surface area contributed by atoms with E-state index in [9.17, 15) is 5.11 Å². The second kappa shape index (κ2) is 3.24. The van der Waals surface area contributed by atoms with Crippen molar-refractivity contribution in [3.05, 3.63) is 42.0 Å². The van der Waals surface area contributed by atoms with Crippen LogP contribution < -0.4 is 5.32 Å². The number of fused-ring (bicyclic) bond motifs is 1. The van der Waals surface area contributed by atoms with Crippen molar-refractivity contribution in [1.82, 2.24) is 5.32 Å². The highest BCUT2D eigenvalue weighted by atomic mass is 16.3. The summed E-state index contributed by atoms with van der Waals surface area (Å²) < 4.78 is 0. The maximum Gasteiger partial charge on any atom is 0.123 e. The Kier molecular flexibility index (Phi) is 1.89. The Morgan fingerprint density at radius 2 is 1.80 bits per heavy atom. The van der Waals surface area contributed by atoms with Crippen LogP contribution in [0, 0.1) is 0 Å². The Balaban J connectivity index is 2.25. The first-order valence-corrected chi connectivity index (χ1v) is 5.30. The molecule has 1 saturated heterocycles. The van der Waals surface area contributed by atoms with E-state index in [1.165, 1.54) is 12.0 Å². The van der Waals surface area contributed by atoms with Crippen LogP contribution in [-0.2, 0) is 0 Å². The van der Waals surface area contributed by atoms with Crippen LogP contribution in [-0.4, -0.2) is 11.7 Å². The second-order valence-electron chi connectivity index (χ2n) is 4.01. The Morgan fingerprint density at radius 3 is 2.47 bits per heavy atom. The fraction of sp³-hybridized carbons (Fsp3) is 0.231. The summed E-state index contributed by atoms with van der Waals surface area (Å²) in [6, 6.07) is 12.3. The van der Waals surface area contributed by atoms with E-state index in [4.69, 9.17) is 0 Å². The molecule has 1 heterocycles. The van der Waals surface area contributed by atoms with Gasteiger partial charge < -0.3 is 10.4 Å². The molecule has 0 aromatic heterocycles. The van der Waals surface area contributed by atoms with Gasteiger partial charge in [-0.3, -0.25) is 0 Å². The normalized spacial score (nSPS) is 20.1. The highest BCUT2D eigenvalue weighted by Crippen LogP contribution is 2.33. The second-order valence-corrected chi connectivity index (χ2v) is 4.01. The van der Waals surface area contributed by atoms with E-state index in [1.807, 2.05) is 24.3 Å². The van der Waals surface area contributed by atoms with Crippen LogP contribution in [0.2, 0.25) is 0 Å².